The summed E-state index contributed by atoms with van der Waals surface area (Å²) in [5.41, 5.74) is 7.90. The van der Waals surface area contributed by atoms with Crippen LogP contribution in [0.4, 0.5) is 10.5 Å². The van der Waals surface area contributed by atoms with Crippen molar-refractivity contribution in [3.05, 3.63) is 23.5 Å². The first kappa shape index (κ1) is 13.6. The van der Waals surface area contributed by atoms with E-state index in [1.165, 1.54) is 0 Å². The zero-order chi connectivity index (χ0) is 14.2. The number of carbonyl (C=O) groups is 1. The van der Waals surface area contributed by atoms with Crippen LogP contribution >= 0.6 is 0 Å². The molecule has 1 atom stereocenters. The molecule has 1 aliphatic heterocycles. The molecular weight excluding hydrogens is 242 g/mol. The highest BCUT2D eigenvalue weighted by atomic mass is 16.6. The molecule has 2 rings (SSSR count). The average molecular weight is 263 g/mol. The number of amides is 1. The number of nitrogens with two attached hydrogens (primary N) is 1. The molecule has 0 fully saturated rings. The van der Waals surface area contributed by atoms with Crippen molar-refractivity contribution < 1.29 is 9.53 Å². The molecule has 5 heteroatoms. The van der Waals surface area contributed by atoms with Crippen molar-refractivity contribution in [3.8, 4) is 0 Å². The fourth-order valence-corrected chi connectivity index (χ4v) is 2.17. The van der Waals surface area contributed by atoms with Gasteiger partial charge in [0.1, 0.15) is 5.60 Å². The van der Waals surface area contributed by atoms with E-state index in [0.29, 0.717) is 12.2 Å². The van der Waals surface area contributed by atoms with Gasteiger partial charge in [0.15, 0.2) is 0 Å². The molecule has 2 heterocycles. The molecule has 0 radical (unpaired) electrons. The third kappa shape index (κ3) is 3.16. The molecular formula is C14H21N3O2. The SMILES string of the molecule is C[C@@H]1Cc2ncc(N)cc2CN1C(=O)OC(C)(C)C. The van der Waals surface area contributed by atoms with Gasteiger partial charge >= 0.3 is 6.09 Å². The summed E-state index contributed by atoms with van der Waals surface area (Å²) >= 11 is 0. The lowest BCUT2D eigenvalue weighted by Crippen LogP contribution is -2.45. The fraction of sp³-hybridized carbons (Fsp3) is 0.571. The highest BCUT2D eigenvalue weighted by Crippen LogP contribution is 2.24. The number of pyridine rings is 1. The second-order valence-electron chi connectivity index (χ2n) is 6.04. The summed E-state index contributed by atoms with van der Waals surface area (Å²) in [6, 6.07) is 1.96. The van der Waals surface area contributed by atoms with Crippen LogP contribution in [0.2, 0.25) is 0 Å². The van der Waals surface area contributed by atoms with E-state index in [2.05, 4.69) is 4.98 Å². The van der Waals surface area contributed by atoms with Crippen molar-refractivity contribution in [2.75, 3.05) is 5.73 Å². The summed E-state index contributed by atoms with van der Waals surface area (Å²) < 4.78 is 5.43. The van der Waals surface area contributed by atoms with Gasteiger partial charge in [-0.05, 0) is 39.3 Å². The van der Waals surface area contributed by atoms with Crippen LogP contribution in [0.15, 0.2) is 12.3 Å². The van der Waals surface area contributed by atoms with Gasteiger partial charge < -0.3 is 15.4 Å². The first-order chi connectivity index (χ1) is 8.76. The summed E-state index contributed by atoms with van der Waals surface area (Å²) in [7, 11) is 0. The molecule has 0 saturated carbocycles. The van der Waals surface area contributed by atoms with E-state index in [9.17, 15) is 4.79 Å². The number of ether oxygens (including phenoxy) is 1. The fourth-order valence-electron chi connectivity index (χ4n) is 2.17. The molecule has 5 nitrogen and oxygen atoms in total. The molecule has 0 bridgehead atoms. The largest absolute Gasteiger partial charge is 0.444 e. The molecule has 1 amide bonds. The first-order valence-corrected chi connectivity index (χ1v) is 6.49. The zero-order valence-electron chi connectivity index (χ0n) is 11.9. The molecule has 2 N–H and O–H groups in total. The Morgan fingerprint density at radius 2 is 2.21 bits per heavy atom. The predicted molar refractivity (Wildman–Crippen MR) is 73.6 cm³/mol. The van der Waals surface area contributed by atoms with Crippen molar-refractivity contribution in [3.63, 3.8) is 0 Å². The summed E-state index contributed by atoms with van der Waals surface area (Å²) in [5.74, 6) is 0. The van der Waals surface area contributed by atoms with Gasteiger partial charge in [0.2, 0.25) is 0 Å². The van der Waals surface area contributed by atoms with Crippen LogP contribution in [0, 0.1) is 0 Å². The van der Waals surface area contributed by atoms with Gasteiger partial charge in [0.25, 0.3) is 0 Å². The van der Waals surface area contributed by atoms with Crippen LogP contribution < -0.4 is 5.73 Å². The summed E-state index contributed by atoms with van der Waals surface area (Å²) in [6.45, 7) is 8.11. The Morgan fingerprint density at radius 1 is 1.53 bits per heavy atom. The van der Waals surface area contributed by atoms with Crippen molar-refractivity contribution in [1.82, 2.24) is 9.88 Å². The monoisotopic (exact) mass is 263 g/mol. The number of hydrogen-bond donors (Lipinski definition) is 1. The highest BCUT2D eigenvalue weighted by Gasteiger charge is 2.30. The van der Waals surface area contributed by atoms with Gasteiger partial charge in [-0.3, -0.25) is 4.98 Å². The lowest BCUT2D eigenvalue weighted by Gasteiger charge is -2.35. The van der Waals surface area contributed by atoms with E-state index >= 15 is 0 Å². The number of carbonyl (C=O) groups excluding carboxylic acids is 1. The Kier molecular flexibility index (Phi) is 3.39. The van der Waals surface area contributed by atoms with E-state index in [4.69, 9.17) is 10.5 Å². The zero-order valence-corrected chi connectivity index (χ0v) is 11.9. The predicted octanol–water partition coefficient (Wildman–Crippen LogP) is 2.35. The molecule has 0 spiro atoms. The van der Waals surface area contributed by atoms with Crippen molar-refractivity contribution in [1.29, 1.82) is 0 Å². The van der Waals surface area contributed by atoms with Gasteiger partial charge in [-0.1, -0.05) is 0 Å². The Labute approximate surface area is 113 Å². The second-order valence-corrected chi connectivity index (χ2v) is 6.04. The normalized spacial score (nSPS) is 18.9. The van der Waals surface area contributed by atoms with E-state index < -0.39 is 5.60 Å². The van der Waals surface area contributed by atoms with Gasteiger partial charge in [-0.25, -0.2) is 4.79 Å². The lowest BCUT2D eigenvalue weighted by atomic mass is 10.00. The van der Waals surface area contributed by atoms with Gasteiger partial charge in [-0.15, -0.1) is 0 Å². The van der Waals surface area contributed by atoms with Crippen molar-refractivity contribution in [2.24, 2.45) is 0 Å². The minimum absolute atomic E-state index is 0.0819. The molecule has 1 aromatic heterocycles. The number of aromatic nitrogens is 1. The maximum Gasteiger partial charge on any atom is 0.410 e. The molecule has 0 aliphatic carbocycles. The van der Waals surface area contributed by atoms with Gasteiger partial charge in [-0.2, -0.15) is 0 Å². The molecule has 0 aromatic carbocycles. The standard InChI is InChI=1S/C14H21N3O2/c1-9-5-12-10(6-11(15)7-16-12)8-17(9)13(18)19-14(2,3)4/h6-7,9H,5,8,15H2,1-4H3/t9-/m1/s1. The third-order valence-electron chi connectivity index (χ3n) is 3.07. The molecule has 0 saturated heterocycles. The number of hydrogen-bond acceptors (Lipinski definition) is 4. The van der Waals surface area contributed by atoms with E-state index in [1.54, 1.807) is 11.1 Å². The van der Waals surface area contributed by atoms with Crippen LogP contribution in [0.3, 0.4) is 0 Å². The number of anilines is 1. The first-order valence-electron chi connectivity index (χ1n) is 6.49. The van der Waals surface area contributed by atoms with Crippen LogP contribution in [-0.4, -0.2) is 27.6 Å². The minimum atomic E-state index is -0.481. The molecule has 0 unspecified atom stereocenters. The Balaban J connectivity index is 2.19. The number of nitrogen functional groups attached to an aromatic ring is 1. The van der Waals surface area contributed by atoms with Gasteiger partial charge in [0.05, 0.1) is 18.4 Å². The van der Waals surface area contributed by atoms with Crippen LogP contribution in [0.25, 0.3) is 0 Å². The lowest BCUT2D eigenvalue weighted by molar-refractivity contribution is 0.0136. The van der Waals surface area contributed by atoms with E-state index in [0.717, 1.165) is 17.7 Å². The van der Waals surface area contributed by atoms with Crippen LogP contribution in [-0.2, 0) is 17.7 Å². The minimum Gasteiger partial charge on any atom is -0.444 e. The van der Waals surface area contributed by atoms with E-state index in [1.807, 2.05) is 33.8 Å². The Morgan fingerprint density at radius 3 is 2.84 bits per heavy atom. The average Bonchev–Trinajstić information content (AvgIpc) is 2.26. The topological polar surface area (TPSA) is 68.5 Å². The van der Waals surface area contributed by atoms with E-state index in [-0.39, 0.29) is 12.1 Å². The number of rotatable bonds is 0. The maximum absolute atomic E-state index is 12.2. The smallest absolute Gasteiger partial charge is 0.410 e. The summed E-state index contributed by atoms with van der Waals surface area (Å²) in [6.07, 6.45) is 2.11. The number of nitrogens with zero attached hydrogens (tertiary/aromatic N) is 2. The third-order valence-corrected chi connectivity index (χ3v) is 3.07. The van der Waals surface area contributed by atoms with Crippen molar-refractivity contribution in [2.45, 2.75) is 52.3 Å². The van der Waals surface area contributed by atoms with Gasteiger partial charge in [0, 0.05) is 18.2 Å². The Bertz CT molecular complexity index is 494. The molecule has 104 valence electrons. The maximum atomic E-state index is 12.2. The summed E-state index contributed by atoms with van der Waals surface area (Å²) in [5, 5.41) is 0. The van der Waals surface area contributed by atoms with Crippen molar-refractivity contribution >= 4 is 11.8 Å². The number of fused-ring (bicyclic) bond motifs is 1. The van der Waals surface area contributed by atoms with Crippen LogP contribution in [0.5, 0.6) is 0 Å². The second kappa shape index (κ2) is 4.72. The Hall–Kier alpha value is -1.78. The molecule has 1 aliphatic rings. The molecule has 1 aromatic rings. The quantitative estimate of drug-likeness (QED) is 0.780. The highest BCUT2D eigenvalue weighted by molar-refractivity contribution is 5.69. The summed E-state index contributed by atoms with van der Waals surface area (Å²) in [4.78, 5) is 18.2. The van der Waals surface area contributed by atoms with Crippen LogP contribution in [0.1, 0.15) is 39.0 Å². The molecule has 19 heavy (non-hydrogen) atoms.